The van der Waals surface area contributed by atoms with E-state index in [-0.39, 0.29) is 13.2 Å². The lowest BCUT2D eigenvalue weighted by Crippen LogP contribution is -2.12. The number of rotatable bonds is 7. The summed E-state index contributed by atoms with van der Waals surface area (Å²) in [7, 11) is -0.435. The fourth-order valence-corrected chi connectivity index (χ4v) is 1.66. The van der Waals surface area contributed by atoms with E-state index >= 15 is 0 Å². The summed E-state index contributed by atoms with van der Waals surface area (Å²) < 4.78 is 41.7. The molecule has 1 aromatic carbocycles. The van der Waals surface area contributed by atoms with Gasteiger partial charge in [-0.05, 0) is 12.1 Å². The highest BCUT2D eigenvalue weighted by Gasteiger charge is 2.11. The van der Waals surface area contributed by atoms with Crippen LogP contribution in [0.1, 0.15) is 0 Å². The third kappa shape index (κ3) is 4.42. The number of para-hydroxylation sites is 1. The van der Waals surface area contributed by atoms with Gasteiger partial charge in [0, 0.05) is 0 Å². The molecule has 102 valence electrons. The molecule has 0 amide bonds. The molecule has 0 aromatic heterocycles. The van der Waals surface area contributed by atoms with E-state index in [1.165, 1.54) is 14.2 Å². The Labute approximate surface area is 107 Å². The lowest BCUT2D eigenvalue weighted by molar-refractivity contribution is 0.209. The monoisotopic (exact) mass is 276 g/mol. The van der Waals surface area contributed by atoms with E-state index < -0.39 is 10.1 Å². The van der Waals surface area contributed by atoms with Crippen LogP contribution in [-0.4, -0.2) is 42.1 Å². The molecule has 0 atom stereocenters. The van der Waals surface area contributed by atoms with Gasteiger partial charge in [-0.15, -0.1) is 0 Å². The molecule has 0 fully saturated rings. The average molecular weight is 276 g/mol. The van der Waals surface area contributed by atoms with Crippen LogP contribution in [0, 0.1) is 0 Å². The van der Waals surface area contributed by atoms with Crippen LogP contribution >= 0.6 is 0 Å². The van der Waals surface area contributed by atoms with Gasteiger partial charge in [-0.25, -0.2) is 0 Å². The summed E-state index contributed by atoms with van der Waals surface area (Å²) in [6.45, 7) is 0.00381. The maximum Gasteiger partial charge on any atom is 0.264 e. The maximum absolute atomic E-state index is 10.8. The molecule has 0 spiro atoms. The number of ether oxygens (including phenoxy) is 3. The molecular weight excluding hydrogens is 260 g/mol. The van der Waals surface area contributed by atoms with Crippen LogP contribution < -0.4 is 14.2 Å². The Hall–Kier alpha value is -1.47. The lowest BCUT2D eigenvalue weighted by atomic mass is 10.3. The van der Waals surface area contributed by atoms with Gasteiger partial charge < -0.3 is 14.2 Å². The Morgan fingerprint density at radius 1 is 1.06 bits per heavy atom. The van der Waals surface area contributed by atoms with Crippen molar-refractivity contribution >= 4 is 10.1 Å². The molecular formula is C11H16O6S. The molecule has 0 radical (unpaired) electrons. The van der Waals surface area contributed by atoms with Crippen LogP contribution in [0.15, 0.2) is 18.2 Å². The maximum atomic E-state index is 10.8. The molecule has 1 aromatic rings. The lowest BCUT2D eigenvalue weighted by Gasteiger charge is -2.13. The van der Waals surface area contributed by atoms with Gasteiger partial charge in [0.15, 0.2) is 11.5 Å². The van der Waals surface area contributed by atoms with Crippen molar-refractivity contribution in [1.82, 2.24) is 0 Å². The molecule has 0 saturated heterocycles. The van der Waals surface area contributed by atoms with E-state index in [0.717, 1.165) is 6.26 Å². The Balaban J connectivity index is 2.66. The first-order valence-corrected chi connectivity index (χ1v) is 6.97. The van der Waals surface area contributed by atoms with Crippen molar-refractivity contribution < 1.29 is 26.8 Å². The molecule has 0 aliphatic carbocycles. The van der Waals surface area contributed by atoms with E-state index in [1.54, 1.807) is 18.2 Å². The predicted molar refractivity (Wildman–Crippen MR) is 65.8 cm³/mol. The highest BCUT2D eigenvalue weighted by molar-refractivity contribution is 7.85. The normalized spacial score (nSPS) is 11.1. The van der Waals surface area contributed by atoms with Gasteiger partial charge in [0.05, 0.1) is 20.5 Å². The van der Waals surface area contributed by atoms with Crippen LogP contribution in [0.3, 0.4) is 0 Å². The Morgan fingerprint density at radius 3 is 2.06 bits per heavy atom. The molecule has 0 heterocycles. The van der Waals surface area contributed by atoms with Gasteiger partial charge in [-0.3, -0.25) is 4.18 Å². The highest BCUT2D eigenvalue weighted by Crippen LogP contribution is 2.36. The minimum atomic E-state index is -3.45. The summed E-state index contributed by atoms with van der Waals surface area (Å²) in [5, 5.41) is 0. The van der Waals surface area contributed by atoms with Crippen LogP contribution in [-0.2, 0) is 14.3 Å². The molecule has 0 unspecified atom stereocenters. The molecule has 1 rings (SSSR count). The van der Waals surface area contributed by atoms with E-state index in [1.807, 2.05) is 0 Å². The summed E-state index contributed by atoms with van der Waals surface area (Å²) in [6, 6.07) is 5.20. The standard InChI is InChI=1S/C11H16O6S/c1-14-9-5-4-6-10(15-2)11(9)16-7-8-17-18(3,12)13/h4-6H,7-8H2,1-3H3. The number of methoxy groups -OCH3 is 2. The zero-order chi connectivity index (χ0) is 13.6. The van der Waals surface area contributed by atoms with Gasteiger partial charge in [-0.1, -0.05) is 6.07 Å². The van der Waals surface area contributed by atoms with Crippen molar-refractivity contribution in [2.75, 3.05) is 33.7 Å². The minimum absolute atomic E-state index is 0.0694. The first-order chi connectivity index (χ1) is 8.48. The molecule has 18 heavy (non-hydrogen) atoms. The summed E-state index contributed by atoms with van der Waals surface area (Å²) in [6.07, 6.45) is 0.983. The second kappa shape index (κ2) is 6.46. The molecule has 7 heteroatoms. The van der Waals surface area contributed by atoms with Gasteiger partial charge in [0.2, 0.25) is 5.75 Å². The van der Waals surface area contributed by atoms with Crippen LogP contribution in [0.2, 0.25) is 0 Å². The van der Waals surface area contributed by atoms with Gasteiger partial charge in [-0.2, -0.15) is 8.42 Å². The van der Waals surface area contributed by atoms with Crippen LogP contribution in [0.25, 0.3) is 0 Å². The quantitative estimate of drug-likeness (QED) is 0.548. The largest absolute Gasteiger partial charge is 0.493 e. The first kappa shape index (κ1) is 14.6. The van der Waals surface area contributed by atoms with Gasteiger partial charge >= 0.3 is 0 Å². The van der Waals surface area contributed by atoms with Crippen molar-refractivity contribution in [3.8, 4) is 17.2 Å². The average Bonchev–Trinajstić information content (AvgIpc) is 2.33. The topological polar surface area (TPSA) is 71.1 Å². The number of hydrogen-bond donors (Lipinski definition) is 0. The molecule has 0 saturated carbocycles. The third-order valence-corrected chi connectivity index (χ3v) is 2.60. The van der Waals surface area contributed by atoms with Crippen LogP contribution in [0.5, 0.6) is 17.2 Å². The van der Waals surface area contributed by atoms with Crippen LogP contribution in [0.4, 0.5) is 0 Å². The molecule has 0 aliphatic heterocycles. The smallest absolute Gasteiger partial charge is 0.264 e. The SMILES string of the molecule is COc1cccc(OC)c1OCCOS(C)(=O)=O. The Morgan fingerprint density at radius 2 is 1.61 bits per heavy atom. The molecule has 0 aliphatic rings. The van der Waals surface area contributed by atoms with Gasteiger partial charge in [0.1, 0.15) is 13.2 Å². The molecule has 0 bridgehead atoms. The third-order valence-electron chi connectivity index (χ3n) is 2.01. The highest BCUT2D eigenvalue weighted by atomic mass is 32.2. The summed E-state index contributed by atoms with van der Waals surface area (Å²) in [4.78, 5) is 0. The predicted octanol–water partition coefficient (Wildman–Crippen LogP) is 1.06. The fraction of sp³-hybridized carbons (Fsp3) is 0.455. The molecule has 0 N–H and O–H groups in total. The van der Waals surface area contributed by atoms with Crippen molar-refractivity contribution in [3.63, 3.8) is 0 Å². The van der Waals surface area contributed by atoms with E-state index in [2.05, 4.69) is 4.18 Å². The van der Waals surface area contributed by atoms with Crippen molar-refractivity contribution in [2.45, 2.75) is 0 Å². The van der Waals surface area contributed by atoms with Gasteiger partial charge in [0.25, 0.3) is 10.1 Å². The zero-order valence-corrected chi connectivity index (χ0v) is 11.3. The zero-order valence-electron chi connectivity index (χ0n) is 10.5. The fourth-order valence-electron chi connectivity index (χ4n) is 1.29. The Bertz CT molecular complexity index is 460. The second-order valence-electron chi connectivity index (χ2n) is 3.37. The van der Waals surface area contributed by atoms with E-state index in [4.69, 9.17) is 14.2 Å². The van der Waals surface area contributed by atoms with E-state index in [0.29, 0.717) is 17.2 Å². The number of hydrogen-bond acceptors (Lipinski definition) is 6. The Kier molecular flexibility index (Phi) is 5.24. The van der Waals surface area contributed by atoms with Crippen molar-refractivity contribution in [2.24, 2.45) is 0 Å². The van der Waals surface area contributed by atoms with Crippen molar-refractivity contribution in [3.05, 3.63) is 18.2 Å². The first-order valence-electron chi connectivity index (χ1n) is 5.16. The summed E-state index contributed by atoms with van der Waals surface area (Å²) in [5.41, 5.74) is 0. The minimum Gasteiger partial charge on any atom is -0.493 e. The summed E-state index contributed by atoms with van der Waals surface area (Å²) in [5.74, 6) is 1.43. The number of benzene rings is 1. The second-order valence-corrected chi connectivity index (χ2v) is 5.01. The van der Waals surface area contributed by atoms with E-state index in [9.17, 15) is 8.42 Å². The molecule has 6 nitrogen and oxygen atoms in total. The summed E-state index contributed by atoms with van der Waals surface area (Å²) >= 11 is 0. The van der Waals surface area contributed by atoms with Crippen molar-refractivity contribution in [1.29, 1.82) is 0 Å².